The molecule has 2 atom stereocenters. The Kier molecular flexibility index (Phi) is 4.29. The lowest BCUT2D eigenvalue weighted by molar-refractivity contribution is 0.314. The number of tetrazole rings is 1. The second kappa shape index (κ2) is 6.35. The standard InChI is InChI=1S/C16H23N5/c1-3-10-17-16-13(11-15-18-20-21(2)19-15)9-8-12-6-4-5-7-14(12)16/h4-7,13,16-17H,3,8-11H2,1-2H3. The quantitative estimate of drug-likeness (QED) is 0.913. The third kappa shape index (κ3) is 3.13. The average Bonchev–Trinajstić information content (AvgIpc) is 2.91. The van der Waals surface area contributed by atoms with Crippen LogP contribution < -0.4 is 5.32 Å². The first-order valence-corrected chi connectivity index (χ1v) is 7.82. The molecule has 3 rings (SSSR count). The van der Waals surface area contributed by atoms with Gasteiger partial charge in [-0.1, -0.05) is 31.2 Å². The van der Waals surface area contributed by atoms with Crippen LogP contribution in [0.5, 0.6) is 0 Å². The zero-order valence-electron chi connectivity index (χ0n) is 12.8. The fourth-order valence-electron chi connectivity index (χ4n) is 3.26. The summed E-state index contributed by atoms with van der Waals surface area (Å²) >= 11 is 0. The predicted octanol–water partition coefficient (Wildman–Crippen LogP) is 2.06. The summed E-state index contributed by atoms with van der Waals surface area (Å²) in [5, 5.41) is 16.2. The van der Waals surface area contributed by atoms with Gasteiger partial charge in [-0.05, 0) is 48.1 Å². The minimum Gasteiger partial charge on any atom is -0.310 e. The normalized spacial score (nSPS) is 21.2. The lowest BCUT2D eigenvalue weighted by atomic mass is 9.78. The number of fused-ring (bicyclic) bond motifs is 1. The number of hydrogen-bond donors (Lipinski definition) is 1. The third-order valence-corrected chi connectivity index (χ3v) is 4.25. The van der Waals surface area contributed by atoms with Gasteiger partial charge in [-0.3, -0.25) is 0 Å². The number of hydrogen-bond acceptors (Lipinski definition) is 4. The van der Waals surface area contributed by atoms with Crippen LogP contribution in [0.4, 0.5) is 0 Å². The Hall–Kier alpha value is -1.75. The van der Waals surface area contributed by atoms with Crippen molar-refractivity contribution in [3.8, 4) is 0 Å². The van der Waals surface area contributed by atoms with Crippen molar-refractivity contribution < 1.29 is 0 Å². The van der Waals surface area contributed by atoms with Gasteiger partial charge in [0, 0.05) is 12.5 Å². The summed E-state index contributed by atoms with van der Waals surface area (Å²) < 4.78 is 0. The van der Waals surface area contributed by atoms with Crippen LogP contribution in [0.15, 0.2) is 24.3 Å². The average molecular weight is 285 g/mol. The Labute approximate surface area is 125 Å². The molecule has 1 aliphatic carbocycles. The van der Waals surface area contributed by atoms with Crippen LogP contribution in [0, 0.1) is 5.92 Å². The zero-order valence-corrected chi connectivity index (χ0v) is 12.8. The summed E-state index contributed by atoms with van der Waals surface area (Å²) in [5.41, 5.74) is 2.93. The maximum absolute atomic E-state index is 4.34. The van der Waals surface area contributed by atoms with E-state index in [1.54, 1.807) is 4.80 Å². The second-order valence-corrected chi connectivity index (χ2v) is 5.83. The number of rotatable bonds is 5. The molecular weight excluding hydrogens is 262 g/mol. The molecule has 5 heteroatoms. The molecule has 0 amide bonds. The Morgan fingerprint density at radius 2 is 2.19 bits per heavy atom. The molecule has 1 aromatic carbocycles. The van der Waals surface area contributed by atoms with Gasteiger partial charge in [0.1, 0.15) is 0 Å². The first-order valence-electron chi connectivity index (χ1n) is 7.82. The van der Waals surface area contributed by atoms with Gasteiger partial charge in [-0.2, -0.15) is 4.80 Å². The molecule has 5 nitrogen and oxygen atoms in total. The van der Waals surface area contributed by atoms with Crippen molar-refractivity contribution in [2.45, 2.75) is 38.6 Å². The third-order valence-electron chi connectivity index (χ3n) is 4.25. The maximum Gasteiger partial charge on any atom is 0.175 e. The summed E-state index contributed by atoms with van der Waals surface area (Å²) in [6, 6.07) is 9.20. The smallest absolute Gasteiger partial charge is 0.175 e. The fourth-order valence-corrected chi connectivity index (χ4v) is 3.26. The molecular formula is C16H23N5. The zero-order chi connectivity index (χ0) is 14.7. The van der Waals surface area contributed by atoms with Gasteiger partial charge in [-0.15, -0.1) is 10.2 Å². The van der Waals surface area contributed by atoms with E-state index in [0.717, 1.165) is 31.6 Å². The Bertz CT molecular complexity index is 592. The predicted molar refractivity (Wildman–Crippen MR) is 81.8 cm³/mol. The highest BCUT2D eigenvalue weighted by atomic mass is 15.6. The molecule has 0 radical (unpaired) electrons. The van der Waals surface area contributed by atoms with Crippen molar-refractivity contribution in [2.75, 3.05) is 6.54 Å². The van der Waals surface area contributed by atoms with Crippen LogP contribution in [0.1, 0.15) is 42.8 Å². The van der Waals surface area contributed by atoms with E-state index in [-0.39, 0.29) is 0 Å². The van der Waals surface area contributed by atoms with Crippen molar-refractivity contribution >= 4 is 0 Å². The largest absolute Gasteiger partial charge is 0.310 e. The molecule has 0 aliphatic heterocycles. The van der Waals surface area contributed by atoms with Gasteiger partial charge < -0.3 is 5.32 Å². The molecule has 1 heterocycles. The second-order valence-electron chi connectivity index (χ2n) is 5.83. The molecule has 0 saturated carbocycles. The molecule has 112 valence electrons. The van der Waals surface area contributed by atoms with E-state index in [9.17, 15) is 0 Å². The molecule has 21 heavy (non-hydrogen) atoms. The molecule has 0 spiro atoms. The number of aryl methyl sites for hydroxylation is 2. The fraction of sp³-hybridized carbons (Fsp3) is 0.562. The highest BCUT2D eigenvalue weighted by Gasteiger charge is 2.29. The minimum atomic E-state index is 0.402. The minimum absolute atomic E-state index is 0.402. The van der Waals surface area contributed by atoms with Crippen molar-refractivity contribution in [3.05, 3.63) is 41.2 Å². The molecule has 1 N–H and O–H groups in total. The van der Waals surface area contributed by atoms with Gasteiger partial charge in [-0.25, -0.2) is 0 Å². The molecule has 0 fully saturated rings. The number of nitrogens with one attached hydrogen (secondary N) is 1. The maximum atomic E-state index is 4.34. The van der Waals surface area contributed by atoms with Crippen LogP contribution in [0.25, 0.3) is 0 Å². The molecule has 1 aliphatic rings. The summed E-state index contributed by atoms with van der Waals surface area (Å²) in [6.07, 6.45) is 4.36. The van der Waals surface area contributed by atoms with Crippen molar-refractivity contribution in [1.82, 2.24) is 25.5 Å². The first-order chi connectivity index (χ1) is 10.3. The van der Waals surface area contributed by atoms with Crippen LogP contribution in [-0.2, 0) is 19.9 Å². The van der Waals surface area contributed by atoms with Gasteiger partial charge in [0.15, 0.2) is 5.82 Å². The lowest BCUT2D eigenvalue weighted by Crippen LogP contribution is -2.34. The first kappa shape index (κ1) is 14.2. The molecule has 2 aromatic rings. The van der Waals surface area contributed by atoms with Crippen LogP contribution >= 0.6 is 0 Å². The number of benzene rings is 1. The van der Waals surface area contributed by atoms with Gasteiger partial charge >= 0.3 is 0 Å². The van der Waals surface area contributed by atoms with E-state index >= 15 is 0 Å². The summed E-state index contributed by atoms with van der Waals surface area (Å²) in [5.74, 6) is 1.39. The topological polar surface area (TPSA) is 55.6 Å². The highest BCUT2D eigenvalue weighted by Crippen LogP contribution is 2.35. The van der Waals surface area contributed by atoms with Crippen molar-refractivity contribution in [1.29, 1.82) is 0 Å². The molecule has 0 bridgehead atoms. The molecule has 2 unspecified atom stereocenters. The summed E-state index contributed by atoms with van der Waals surface area (Å²) in [4.78, 5) is 1.54. The Morgan fingerprint density at radius 1 is 1.33 bits per heavy atom. The van der Waals surface area contributed by atoms with E-state index in [2.05, 4.69) is 51.9 Å². The SMILES string of the molecule is CCCNC1c2ccccc2CCC1Cc1nnn(C)n1. The Balaban J connectivity index is 1.82. The van der Waals surface area contributed by atoms with E-state index in [4.69, 9.17) is 0 Å². The van der Waals surface area contributed by atoms with E-state index in [1.807, 2.05) is 7.05 Å². The van der Waals surface area contributed by atoms with Gasteiger partial charge in [0.2, 0.25) is 0 Å². The van der Waals surface area contributed by atoms with Gasteiger partial charge in [0.05, 0.1) is 7.05 Å². The molecule has 1 aromatic heterocycles. The van der Waals surface area contributed by atoms with Crippen molar-refractivity contribution in [3.63, 3.8) is 0 Å². The number of aromatic nitrogens is 4. The summed E-state index contributed by atoms with van der Waals surface area (Å²) in [7, 11) is 1.82. The van der Waals surface area contributed by atoms with Crippen LogP contribution in [0.3, 0.4) is 0 Å². The number of nitrogens with zero attached hydrogens (tertiary/aromatic N) is 4. The van der Waals surface area contributed by atoms with Crippen LogP contribution in [-0.4, -0.2) is 26.8 Å². The van der Waals surface area contributed by atoms with E-state index < -0.39 is 0 Å². The van der Waals surface area contributed by atoms with Crippen molar-refractivity contribution in [2.24, 2.45) is 13.0 Å². The van der Waals surface area contributed by atoms with Gasteiger partial charge in [0.25, 0.3) is 0 Å². The van der Waals surface area contributed by atoms with E-state index in [0.29, 0.717) is 12.0 Å². The van der Waals surface area contributed by atoms with Crippen LogP contribution in [0.2, 0.25) is 0 Å². The summed E-state index contributed by atoms with van der Waals surface area (Å²) in [6.45, 7) is 3.25. The molecule has 0 saturated heterocycles. The lowest BCUT2D eigenvalue weighted by Gasteiger charge is -2.34. The van der Waals surface area contributed by atoms with E-state index in [1.165, 1.54) is 17.5 Å². The Morgan fingerprint density at radius 3 is 2.95 bits per heavy atom. The highest BCUT2D eigenvalue weighted by molar-refractivity contribution is 5.33. The monoisotopic (exact) mass is 285 g/mol.